The van der Waals surface area contributed by atoms with Gasteiger partial charge in [0.2, 0.25) is 0 Å². The second-order valence-corrected chi connectivity index (χ2v) is 11.6. The Labute approximate surface area is 220 Å². The number of likely N-dealkylation sites (N-methyl/N-ethyl adjacent to an activating group) is 1. The smallest absolute Gasteiger partial charge is 0.478 e. The summed E-state index contributed by atoms with van der Waals surface area (Å²) in [7, 11) is 0.805. The summed E-state index contributed by atoms with van der Waals surface area (Å²) in [6.45, 7) is 9.62. The van der Waals surface area contributed by atoms with Crippen LogP contribution in [0.25, 0.3) is 0 Å². The molecule has 2 amide bonds. The average Bonchev–Trinajstić information content (AvgIpc) is 2.89. The molecule has 1 atom stereocenters. The lowest BCUT2D eigenvalue weighted by Gasteiger charge is -2.38. The molecule has 0 saturated carbocycles. The largest absolute Gasteiger partial charge is 0.496 e. The van der Waals surface area contributed by atoms with Crippen LogP contribution in [0.2, 0.25) is 0 Å². The van der Waals surface area contributed by atoms with Crippen LogP contribution in [0, 0.1) is 0 Å². The molecule has 1 unspecified atom stereocenters. The molecule has 0 spiro atoms. The van der Waals surface area contributed by atoms with Crippen LogP contribution in [-0.4, -0.2) is 80.4 Å². The topological polar surface area (TPSA) is 87.1 Å². The summed E-state index contributed by atoms with van der Waals surface area (Å²) in [6, 6.07) is 11.5. The van der Waals surface area contributed by atoms with E-state index < -0.39 is 7.60 Å². The zero-order chi connectivity index (χ0) is 26.4. The highest BCUT2D eigenvalue weighted by molar-refractivity contribution is 7.52. The lowest BCUT2D eigenvalue weighted by Crippen LogP contribution is -2.46. The van der Waals surface area contributed by atoms with E-state index in [0.29, 0.717) is 32.0 Å². The SMILES string of the molecule is CCOP(=O)(Cc1ccc(NC(=O)N2CCc3c(OC)ccc(N4CCN(C)CC4)c3C2)cc1)[OH+]CC. The van der Waals surface area contributed by atoms with E-state index in [2.05, 4.69) is 38.8 Å². The van der Waals surface area contributed by atoms with Gasteiger partial charge in [-0.05, 0) is 50.2 Å². The monoisotopic (exact) mass is 531 g/mol. The number of nitrogens with zero attached hydrogens (tertiary/aromatic N) is 3. The zero-order valence-electron chi connectivity index (χ0n) is 22.4. The van der Waals surface area contributed by atoms with Gasteiger partial charge in [0, 0.05) is 68.7 Å². The lowest BCUT2D eigenvalue weighted by molar-refractivity contribution is 0.102. The predicted octanol–water partition coefficient (Wildman–Crippen LogP) is 4.31. The van der Waals surface area contributed by atoms with E-state index in [0.717, 1.165) is 43.9 Å². The molecule has 0 aromatic heterocycles. The Morgan fingerprint density at radius 1 is 1.03 bits per heavy atom. The Morgan fingerprint density at radius 2 is 1.76 bits per heavy atom. The Kier molecular flexibility index (Phi) is 9.13. The van der Waals surface area contributed by atoms with Gasteiger partial charge in [-0.2, -0.15) is 0 Å². The van der Waals surface area contributed by atoms with Crippen molar-refractivity contribution >= 4 is 25.0 Å². The number of hydrogen-bond acceptors (Lipinski definition) is 6. The maximum atomic E-state index is 13.2. The normalized spacial score (nSPS) is 17.7. The number of ether oxygens (including phenoxy) is 1. The third-order valence-electron chi connectivity index (χ3n) is 6.97. The molecule has 0 aliphatic carbocycles. The van der Waals surface area contributed by atoms with Crippen LogP contribution in [0.1, 0.15) is 30.5 Å². The molecule has 202 valence electrons. The molecule has 9 nitrogen and oxygen atoms in total. The van der Waals surface area contributed by atoms with Gasteiger partial charge >= 0.3 is 13.6 Å². The number of hydrogen-bond donors (Lipinski definition) is 1. The van der Waals surface area contributed by atoms with Crippen LogP contribution >= 0.6 is 7.60 Å². The molecule has 2 aliphatic heterocycles. The summed E-state index contributed by atoms with van der Waals surface area (Å²) >= 11 is 0. The second-order valence-electron chi connectivity index (χ2n) is 9.50. The van der Waals surface area contributed by atoms with Gasteiger partial charge in [-0.1, -0.05) is 12.1 Å². The summed E-state index contributed by atoms with van der Waals surface area (Å²) in [5.41, 5.74) is 5.13. The molecular formula is C27H40N4O5P+. The number of methoxy groups -OCH3 is 1. The van der Waals surface area contributed by atoms with Gasteiger partial charge in [0.15, 0.2) is 0 Å². The standard InChI is InChI=1S/C27H39N4O5P/c1-5-35-37(33,36-6-2)20-21-7-9-22(10-8-21)28-27(32)31-14-13-23-24(19-31)25(11-12-26(23)34-4)30-17-15-29(3)16-18-30/h7-12H,5-6,13-20H2,1-4H3,(H,28,32)/p+1. The van der Waals surface area contributed by atoms with Crippen LogP contribution in [0.3, 0.4) is 0 Å². The van der Waals surface area contributed by atoms with Crippen molar-refractivity contribution in [3.05, 3.63) is 53.1 Å². The predicted molar refractivity (Wildman–Crippen MR) is 148 cm³/mol. The summed E-state index contributed by atoms with van der Waals surface area (Å²) < 4.78 is 28.2. The van der Waals surface area contributed by atoms with Gasteiger partial charge in [0.1, 0.15) is 18.5 Å². The van der Waals surface area contributed by atoms with Crippen molar-refractivity contribution in [2.24, 2.45) is 0 Å². The first-order valence-corrected chi connectivity index (χ1v) is 14.8. The third kappa shape index (κ3) is 6.65. The molecule has 2 N–H and O–H groups in total. The first-order valence-electron chi connectivity index (χ1n) is 13.1. The molecule has 0 radical (unpaired) electrons. The molecule has 2 aliphatic rings. The molecule has 2 heterocycles. The Balaban J connectivity index is 1.45. The van der Waals surface area contributed by atoms with Crippen LogP contribution in [0.15, 0.2) is 36.4 Å². The zero-order valence-corrected chi connectivity index (χ0v) is 23.3. The molecule has 37 heavy (non-hydrogen) atoms. The molecular weight excluding hydrogens is 491 g/mol. The highest BCUT2D eigenvalue weighted by Gasteiger charge is 2.31. The Hall–Kier alpha value is -2.58. The number of piperazine rings is 1. The van der Waals surface area contributed by atoms with Crippen molar-refractivity contribution < 1.29 is 23.1 Å². The molecule has 10 heteroatoms. The van der Waals surface area contributed by atoms with Gasteiger partial charge in [-0.15, -0.1) is 0 Å². The first kappa shape index (κ1) is 27.5. The number of nitrogens with one attached hydrogen (secondary N) is 1. The van der Waals surface area contributed by atoms with E-state index in [4.69, 9.17) is 9.26 Å². The van der Waals surface area contributed by atoms with E-state index in [1.165, 1.54) is 16.8 Å². The van der Waals surface area contributed by atoms with Gasteiger partial charge in [0.05, 0.1) is 13.7 Å². The minimum atomic E-state index is -3.05. The highest BCUT2D eigenvalue weighted by Crippen LogP contribution is 2.49. The quantitative estimate of drug-likeness (QED) is 0.383. The van der Waals surface area contributed by atoms with Crippen molar-refractivity contribution in [3.63, 3.8) is 0 Å². The number of benzene rings is 2. The minimum absolute atomic E-state index is 0.133. The van der Waals surface area contributed by atoms with Crippen LogP contribution in [0.4, 0.5) is 16.2 Å². The second kappa shape index (κ2) is 12.3. The number of fused-ring (bicyclic) bond motifs is 1. The maximum Gasteiger partial charge on any atom is 0.478 e. The van der Waals surface area contributed by atoms with Gasteiger partial charge < -0.3 is 29.3 Å². The first-order chi connectivity index (χ1) is 17.9. The fourth-order valence-corrected chi connectivity index (χ4v) is 6.79. The number of urea groups is 1. The van der Waals surface area contributed by atoms with Crippen molar-refractivity contribution in [1.82, 2.24) is 9.80 Å². The Morgan fingerprint density at radius 3 is 2.41 bits per heavy atom. The molecule has 2 aromatic carbocycles. The van der Waals surface area contributed by atoms with Gasteiger partial charge in [0.25, 0.3) is 0 Å². The summed E-state index contributed by atoms with van der Waals surface area (Å²) in [6.07, 6.45) is 1.00. The average molecular weight is 532 g/mol. The van der Waals surface area contributed by atoms with Crippen LogP contribution in [-0.2, 0) is 28.2 Å². The molecule has 1 fully saturated rings. The Bertz CT molecular complexity index is 1110. The number of carbonyl (C=O) groups excluding carboxylic acids is 1. The van der Waals surface area contributed by atoms with E-state index in [1.807, 2.05) is 43.0 Å². The third-order valence-corrected chi connectivity index (χ3v) is 9.11. The fourth-order valence-electron chi connectivity index (χ4n) is 5.01. The van der Waals surface area contributed by atoms with E-state index in [1.54, 1.807) is 7.11 Å². The number of carbonyl (C=O) groups is 1. The van der Waals surface area contributed by atoms with Crippen molar-refractivity contribution in [2.45, 2.75) is 33.0 Å². The van der Waals surface area contributed by atoms with Crippen molar-refractivity contribution in [3.8, 4) is 5.75 Å². The summed E-state index contributed by atoms with van der Waals surface area (Å²) in [4.78, 5) is 19.8. The number of rotatable bonds is 9. The number of amides is 2. The highest BCUT2D eigenvalue weighted by atomic mass is 31.2. The fraction of sp³-hybridized carbons (Fsp3) is 0.519. The molecule has 4 rings (SSSR count). The summed E-state index contributed by atoms with van der Waals surface area (Å²) in [5.74, 6) is 0.891. The molecule has 2 aromatic rings. The van der Waals surface area contributed by atoms with Crippen LogP contribution < -0.4 is 15.0 Å². The van der Waals surface area contributed by atoms with E-state index in [-0.39, 0.29) is 12.2 Å². The lowest BCUT2D eigenvalue weighted by atomic mass is 9.96. The van der Waals surface area contributed by atoms with Gasteiger partial charge in [-0.3, -0.25) is 4.52 Å². The van der Waals surface area contributed by atoms with E-state index >= 15 is 0 Å². The minimum Gasteiger partial charge on any atom is -0.496 e. The van der Waals surface area contributed by atoms with Crippen molar-refractivity contribution in [2.75, 3.05) is 70.3 Å². The molecule has 1 saturated heterocycles. The number of aliphatic hydroxyl groups is 1. The van der Waals surface area contributed by atoms with Crippen LogP contribution in [0.5, 0.6) is 5.75 Å². The van der Waals surface area contributed by atoms with Crippen molar-refractivity contribution in [1.29, 1.82) is 0 Å². The number of anilines is 2. The summed E-state index contributed by atoms with van der Waals surface area (Å²) in [5, 5.41) is 3.03. The van der Waals surface area contributed by atoms with E-state index in [9.17, 15) is 9.36 Å². The molecule has 0 bridgehead atoms. The maximum absolute atomic E-state index is 13.2. The van der Waals surface area contributed by atoms with Gasteiger partial charge in [-0.25, -0.2) is 9.36 Å².